The number of nitrogens with zero attached hydrogens (tertiary/aromatic N) is 1. The van der Waals surface area contributed by atoms with Crippen LogP contribution in [0.5, 0.6) is 0 Å². The number of benzene rings is 2. The Balaban J connectivity index is 1.93. The van der Waals surface area contributed by atoms with Crippen LogP contribution < -0.4 is 0 Å². The third-order valence-electron chi connectivity index (χ3n) is 4.75. The summed E-state index contributed by atoms with van der Waals surface area (Å²) in [6.07, 6.45) is 11.0. The summed E-state index contributed by atoms with van der Waals surface area (Å²) in [6.45, 7) is 13.2. The van der Waals surface area contributed by atoms with Crippen molar-refractivity contribution in [2.24, 2.45) is 0 Å². The van der Waals surface area contributed by atoms with Gasteiger partial charge in [0.25, 0.3) is 0 Å². The topological polar surface area (TPSA) is 31.2 Å². The van der Waals surface area contributed by atoms with E-state index in [4.69, 9.17) is 4.74 Å². The first-order valence-electron chi connectivity index (χ1n) is 10.6. The summed E-state index contributed by atoms with van der Waals surface area (Å²) in [5, 5.41) is 0. The van der Waals surface area contributed by atoms with E-state index in [1.165, 1.54) is 0 Å². The minimum Gasteiger partial charge on any atom is -0.443 e. The molecule has 0 fully saturated rings. The third kappa shape index (κ3) is 6.08. The molecule has 0 aliphatic rings. The number of hydrogen-bond donors (Lipinski definition) is 0. The van der Waals surface area contributed by atoms with Gasteiger partial charge >= 0.3 is 6.09 Å². The Labute approximate surface area is 190 Å². The molecule has 3 nitrogen and oxygen atoms in total. The molecule has 2 aromatic carbocycles. The predicted molar refractivity (Wildman–Crippen MR) is 137 cm³/mol. The second-order valence-corrected chi connectivity index (χ2v) is 8.41. The molecule has 0 unspecified atom stereocenters. The second kappa shape index (κ2) is 9.97. The number of ether oxygens (including phenoxy) is 1. The third-order valence-corrected chi connectivity index (χ3v) is 4.75. The normalized spacial score (nSPS) is 11.7. The lowest BCUT2D eigenvalue weighted by molar-refractivity contribution is 0.0535. The summed E-state index contributed by atoms with van der Waals surface area (Å²) in [5.74, 6) is 0. The Morgan fingerprint density at radius 3 is 1.41 bits per heavy atom. The Morgan fingerprint density at radius 2 is 1.06 bits per heavy atom. The molecule has 0 atom stereocenters. The highest BCUT2D eigenvalue weighted by molar-refractivity contribution is 5.83. The molecule has 0 N–H and O–H groups in total. The molecule has 0 aliphatic heterocycles. The zero-order chi connectivity index (χ0) is 23.1. The van der Waals surface area contributed by atoms with Gasteiger partial charge in [-0.2, -0.15) is 0 Å². The van der Waals surface area contributed by atoms with Crippen LogP contribution in [0, 0.1) is 0 Å². The number of carbonyl (C=O) groups is 1. The molecular formula is C29H29NO2. The summed E-state index contributed by atoms with van der Waals surface area (Å²) in [6, 6.07) is 19.9. The molecule has 1 heterocycles. The minimum atomic E-state index is -0.593. The first-order chi connectivity index (χ1) is 15.3. The van der Waals surface area contributed by atoms with Gasteiger partial charge < -0.3 is 4.74 Å². The van der Waals surface area contributed by atoms with Gasteiger partial charge in [0, 0.05) is 0 Å². The lowest BCUT2D eigenvalue weighted by Gasteiger charge is -2.21. The van der Waals surface area contributed by atoms with Crippen molar-refractivity contribution in [3.8, 4) is 0 Å². The largest absolute Gasteiger partial charge is 0.443 e. The molecule has 3 aromatic rings. The molecule has 0 saturated carbocycles. The van der Waals surface area contributed by atoms with E-state index >= 15 is 0 Å². The Morgan fingerprint density at radius 1 is 0.688 bits per heavy atom. The first kappa shape index (κ1) is 22.8. The molecule has 0 radical (unpaired) electrons. The van der Waals surface area contributed by atoms with Crippen LogP contribution >= 0.6 is 0 Å². The average molecular weight is 424 g/mol. The number of carbonyl (C=O) groups excluding carboxylic acids is 1. The van der Waals surface area contributed by atoms with Crippen molar-refractivity contribution in [3.05, 3.63) is 107 Å². The Kier molecular flexibility index (Phi) is 7.11. The Hall–Kier alpha value is -3.85. The number of rotatable bonds is 6. The van der Waals surface area contributed by atoms with Crippen molar-refractivity contribution in [2.75, 3.05) is 0 Å². The van der Waals surface area contributed by atoms with Crippen LogP contribution in [-0.2, 0) is 4.74 Å². The molecule has 0 spiro atoms. The molecule has 0 amide bonds. The van der Waals surface area contributed by atoms with Crippen LogP contribution in [0.2, 0.25) is 0 Å². The van der Waals surface area contributed by atoms with E-state index in [9.17, 15) is 4.79 Å². The molecule has 3 rings (SSSR count). The van der Waals surface area contributed by atoms with E-state index in [1.54, 1.807) is 4.57 Å². The van der Waals surface area contributed by atoms with Crippen molar-refractivity contribution in [2.45, 2.75) is 26.4 Å². The minimum absolute atomic E-state index is 0.411. The van der Waals surface area contributed by atoms with Gasteiger partial charge in [-0.1, -0.05) is 86.0 Å². The second-order valence-electron chi connectivity index (χ2n) is 8.41. The summed E-state index contributed by atoms with van der Waals surface area (Å²) < 4.78 is 7.25. The summed E-state index contributed by atoms with van der Waals surface area (Å²) in [5.41, 5.74) is 5.09. The molecule has 162 valence electrons. The average Bonchev–Trinajstić information content (AvgIpc) is 3.19. The van der Waals surface area contributed by atoms with E-state index in [2.05, 4.69) is 13.2 Å². The van der Waals surface area contributed by atoms with Gasteiger partial charge in [0.2, 0.25) is 0 Å². The number of hydrogen-bond acceptors (Lipinski definition) is 2. The van der Waals surface area contributed by atoms with E-state index in [0.717, 1.165) is 33.6 Å². The highest BCUT2D eigenvalue weighted by Crippen LogP contribution is 2.20. The lowest BCUT2D eigenvalue weighted by Crippen LogP contribution is -2.28. The maximum Gasteiger partial charge on any atom is 0.419 e. The van der Waals surface area contributed by atoms with Gasteiger partial charge in [0.15, 0.2) is 0 Å². The maximum atomic E-state index is 13.0. The van der Waals surface area contributed by atoms with Gasteiger partial charge in [0.1, 0.15) is 5.60 Å². The number of aromatic nitrogens is 1. The summed E-state index contributed by atoms with van der Waals surface area (Å²) in [7, 11) is 0. The van der Waals surface area contributed by atoms with Crippen LogP contribution in [0.25, 0.3) is 36.5 Å². The first-order valence-corrected chi connectivity index (χ1v) is 10.6. The summed E-state index contributed by atoms with van der Waals surface area (Å²) >= 11 is 0. The van der Waals surface area contributed by atoms with Gasteiger partial charge in [0.05, 0.1) is 11.4 Å². The van der Waals surface area contributed by atoms with Crippen molar-refractivity contribution < 1.29 is 9.53 Å². The van der Waals surface area contributed by atoms with E-state index in [-0.39, 0.29) is 0 Å². The molecule has 3 heteroatoms. The Bertz CT molecular complexity index is 1070. The van der Waals surface area contributed by atoms with Gasteiger partial charge in [-0.25, -0.2) is 9.36 Å². The monoisotopic (exact) mass is 423 g/mol. The highest BCUT2D eigenvalue weighted by atomic mass is 16.6. The molecule has 0 saturated heterocycles. The van der Waals surface area contributed by atoms with E-state index in [0.29, 0.717) is 0 Å². The van der Waals surface area contributed by atoms with Crippen LogP contribution in [0.1, 0.15) is 54.4 Å². The molecule has 1 aromatic heterocycles. The van der Waals surface area contributed by atoms with Crippen LogP contribution in [-0.4, -0.2) is 16.3 Å². The fourth-order valence-electron chi connectivity index (χ4n) is 3.10. The fourth-order valence-corrected chi connectivity index (χ4v) is 3.10. The van der Waals surface area contributed by atoms with Gasteiger partial charge in [-0.05, 0) is 67.3 Å². The maximum absolute atomic E-state index is 13.0. The molecular weight excluding hydrogens is 394 g/mol. The smallest absolute Gasteiger partial charge is 0.419 e. The van der Waals surface area contributed by atoms with E-state index < -0.39 is 11.7 Å². The highest BCUT2D eigenvalue weighted by Gasteiger charge is 2.20. The zero-order valence-electron chi connectivity index (χ0n) is 18.9. The van der Waals surface area contributed by atoms with Crippen molar-refractivity contribution in [1.82, 2.24) is 4.57 Å². The van der Waals surface area contributed by atoms with Gasteiger partial charge in [-0.3, -0.25) is 0 Å². The molecule has 32 heavy (non-hydrogen) atoms. The van der Waals surface area contributed by atoms with Crippen molar-refractivity contribution in [3.63, 3.8) is 0 Å². The zero-order valence-corrected chi connectivity index (χ0v) is 18.9. The lowest BCUT2D eigenvalue weighted by atomic mass is 10.1. The van der Waals surface area contributed by atoms with Gasteiger partial charge in [-0.15, -0.1) is 0 Å². The molecule has 0 bridgehead atoms. The van der Waals surface area contributed by atoms with E-state index in [1.807, 2.05) is 118 Å². The molecule has 0 aliphatic carbocycles. The quantitative estimate of drug-likeness (QED) is 0.403. The van der Waals surface area contributed by atoms with Crippen molar-refractivity contribution in [1.29, 1.82) is 0 Å². The SMILES string of the molecule is C=Cc1ccc(/C=C/c2ccc(/C=C/c3ccc(C=C)cc3)n2C(=O)OC(C)(C)C)cc1. The predicted octanol–water partition coefficient (Wildman–Crippen LogP) is 7.90. The van der Waals surface area contributed by atoms with Crippen LogP contribution in [0.3, 0.4) is 0 Å². The summed E-state index contributed by atoms with van der Waals surface area (Å²) in [4.78, 5) is 13.0. The fraction of sp³-hybridized carbons (Fsp3) is 0.138. The standard InChI is InChI=1S/C29H29NO2/c1-6-22-8-12-24(13-9-22)16-18-26-20-21-27(30(26)28(31)32-29(3,4)5)19-17-25-14-10-23(7-2)11-15-25/h6-21H,1-2H2,3-5H3/b18-16+,19-17+. The van der Waals surface area contributed by atoms with Crippen LogP contribution in [0.4, 0.5) is 4.79 Å². The van der Waals surface area contributed by atoms with Crippen LogP contribution in [0.15, 0.2) is 73.8 Å². The van der Waals surface area contributed by atoms with Crippen molar-refractivity contribution >= 4 is 42.5 Å².